The molecule has 0 radical (unpaired) electrons. The van der Waals surface area contributed by atoms with E-state index in [9.17, 15) is 57.5 Å². The van der Waals surface area contributed by atoms with Crippen LogP contribution in [-0.4, -0.2) is 112 Å². The van der Waals surface area contributed by atoms with Crippen LogP contribution in [0.25, 0.3) is 67.0 Å². The van der Waals surface area contributed by atoms with E-state index in [-0.39, 0.29) is 106 Å². The molecule has 0 aromatic carbocycles. The number of aromatic nitrogens is 24. The zero-order valence-corrected chi connectivity index (χ0v) is 51.2. The molecule has 12 aromatic rings. The van der Waals surface area contributed by atoms with Gasteiger partial charge in [0.25, 0.3) is 33.4 Å². The van der Waals surface area contributed by atoms with E-state index in [0.29, 0.717) is 24.8 Å². The van der Waals surface area contributed by atoms with E-state index < -0.39 is 101 Å². The first-order chi connectivity index (χ1) is 48.7. The van der Waals surface area contributed by atoms with E-state index in [2.05, 4.69) is 29.9 Å². The van der Waals surface area contributed by atoms with Gasteiger partial charge in [0, 0.05) is 141 Å². The molecule has 0 bridgehead atoms. The van der Waals surface area contributed by atoms with Crippen molar-refractivity contribution in [2.75, 3.05) is 0 Å². The first-order valence-electron chi connectivity index (χ1n) is 34.6. The van der Waals surface area contributed by atoms with Crippen molar-refractivity contribution in [2.45, 2.75) is 80.7 Å². The van der Waals surface area contributed by atoms with Crippen LogP contribution in [0.5, 0.6) is 0 Å². The van der Waals surface area contributed by atoms with E-state index in [1.165, 1.54) is 75.3 Å². The molecule has 0 fully saturated rings. The van der Waals surface area contributed by atoms with Gasteiger partial charge in [0.15, 0.2) is 67.0 Å². The molecule has 12 aromatic heterocycles. The highest BCUT2D eigenvalue weighted by atomic mass is 16.2. The third-order valence-electron chi connectivity index (χ3n) is 14.0. The van der Waals surface area contributed by atoms with Gasteiger partial charge in [-0.15, -0.1) is 0 Å². The molecular formula is C54H72N24O12. The second-order valence-electron chi connectivity index (χ2n) is 19.2. The van der Waals surface area contributed by atoms with Crippen LogP contribution in [0.3, 0.4) is 0 Å². The van der Waals surface area contributed by atoms with E-state index in [1.54, 1.807) is 55.9 Å². The van der Waals surface area contributed by atoms with Crippen LogP contribution in [-0.2, 0) is 124 Å². The Kier molecular flexibility index (Phi) is 13.6. The Morgan fingerprint density at radius 2 is 0.511 bits per heavy atom. The Morgan fingerprint density at radius 3 is 0.778 bits per heavy atom. The van der Waals surface area contributed by atoms with Crippen molar-refractivity contribution in [1.82, 2.24) is 112 Å². The fourth-order valence-corrected chi connectivity index (χ4v) is 9.19. The molecule has 0 spiro atoms. The van der Waals surface area contributed by atoms with Crippen LogP contribution < -0.4 is 67.5 Å². The van der Waals surface area contributed by atoms with Crippen molar-refractivity contribution >= 4 is 67.0 Å². The first-order valence-corrected chi connectivity index (χ1v) is 26.6. The smallest absolute Gasteiger partial charge is 0.328 e. The van der Waals surface area contributed by atoms with Gasteiger partial charge < -0.3 is 27.4 Å². The Balaban J connectivity index is 0.000000178. The van der Waals surface area contributed by atoms with Crippen molar-refractivity contribution in [1.29, 1.82) is 0 Å². The quantitative estimate of drug-likeness (QED) is 0.158. The Bertz CT molecular complexity index is 6310. The van der Waals surface area contributed by atoms with Crippen LogP contribution in [0.1, 0.15) is 63.5 Å². The van der Waals surface area contributed by atoms with Crippen LogP contribution >= 0.6 is 0 Å². The number of nitrogens with zero attached hydrogens (tertiary/aromatic N) is 24. The topological polar surface area (TPSA) is 371 Å². The number of hydrogen-bond acceptors (Lipinski definition) is 18. The Labute approximate surface area is 528 Å². The van der Waals surface area contributed by atoms with Gasteiger partial charge in [-0.05, 0) is 41.5 Å². The van der Waals surface area contributed by atoms with Crippen molar-refractivity contribution in [3.05, 3.63) is 163 Å². The summed E-state index contributed by atoms with van der Waals surface area (Å²) in [6.45, 7) is -2.65. The van der Waals surface area contributed by atoms with Gasteiger partial charge in [-0.3, -0.25) is 83.6 Å². The molecule has 0 amide bonds. The summed E-state index contributed by atoms with van der Waals surface area (Å²) in [5, 5.41) is 0. The molecule has 0 saturated carbocycles. The van der Waals surface area contributed by atoms with E-state index in [0.717, 1.165) is 56.7 Å². The van der Waals surface area contributed by atoms with Crippen molar-refractivity contribution in [3.8, 4) is 0 Å². The first kappa shape index (κ1) is 47.0. The molecule has 36 nitrogen and oxygen atoms in total. The average molecular weight is 1270 g/mol. The average Bonchev–Trinajstić information content (AvgIpc) is 1.54. The van der Waals surface area contributed by atoms with Crippen LogP contribution in [0.15, 0.2) is 95.4 Å². The minimum atomic E-state index is -2.76. The van der Waals surface area contributed by atoms with Gasteiger partial charge in [0.2, 0.25) is 0 Å². The number of fused-ring (bicyclic) bond motifs is 6. The Morgan fingerprint density at radius 1 is 0.300 bits per heavy atom. The summed E-state index contributed by atoms with van der Waals surface area (Å²) in [6.07, 6.45) is 3.31. The zero-order chi connectivity index (χ0) is 80.7. The van der Waals surface area contributed by atoms with Gasteiger partial charge in [-0.25, -0.2) is 58.7 Å². The third-order valence-corrected chi connectivity index (χ3v) is 14.0. The minimum absolute atomic E-state index is 0.0315. The fraction of sp³-hybridized carbons (Fsp3) is 0.444. The molecule has 36 heteroatoms. The molecular weight excluding hydrogens is 1180 g/mol. The lowest BCUT2D eigenvalue weighted by atomic mass is 10.5. The van der Waals surface area contributed by atoms with E-state index >= 15 is 0 Å². The summed E-state index contributed by atoms with van der Waals surface area (Å²) in [4.78, 5) is 167. The highest BCUT2D eigenvalue weighted by molar-refractivity contribution is 5.73. The summed E-state index contributed by atoms with van der Waals surface area (Å²) in [5.74, 6) is 0. The van der Waals surface area contributed by atoms with Crippen molar-refractivity contribution in [2.24, 2.45) is 84.4 Å². The maximum Gasteiger partial charge on any atom is 0.332 e. The van der Waals surface area contributed by atoms with Crippen LogP contribution in [0, 0.1) is 0 Å². The van der Waals surface area contributed by atoms with Gasteiger partial charge >= 0.3 is 34.1 Å². The molecule has 12 rings (SSSR count). The standard InChI is InChI=1S/6C9H12N4O2/c6*1-4-13-8(14)6-7(10-5-11(6)2)12(3)9(13)15/h6*5H,4H2,1-3H3/i4D2,5D;3D3,5D;5D;4D2;3D3;2D3. The minimum Gasteiger partial charge on any atom is -0.328 e. The van der Waals surface area contributed by atoms with Gasteiger partial charge in [0.1, 0.15) is 4.11 Å². The molecule has 0 aliphatic heterocycles. The number of rotatable bonds is 6. The molecule has 480 valence electrons. The lowest BCUT2D eigenvalue weighted by molar-refractivity contribution is 0.635. The number of hydrogen-bond donors (Lipinski definition) is 0. The summed E-state index contributed by atoms with van der Waals surface area (Å²) in [6, 6.07) is 0. The molecule has 0 N–H and O–H groups in total. The summed E-state index contributed by atoms with van der Waals surface area (Å²) >= 11 is 0. The predicted molar refractivity (Wildman–Crippen MR) is 335 cm³/mol. The maximum atomic E-state index is 12.1. The lowest BCUT2D eigenvalue weighted by Gasteiger charge is -2.05. The normalized spacial score (nSPS) is 14.5. The monoisotopic (exact) mass is 1260 g/mol. The van der Waals surface area contributed by atoms with Crippen LogP contribution in [0.4, 0.5) is 0 Å². The number of imidazole rings is 6. The molecule has 0 saturated heterocycles. The lowest BCUT2D eigenvalue weighted by Crippen LogP contribution is -2.39. The molecule has 90 heavy (non-hydrogen) atoms. The van der Waals surface area contributed by atoms with Gasteiger partial charge in [-0.1, -0.05) is 0 Å². The maximum absolute atomic E-state index is 12.1. The van der Waals surface area contributed by atoms with E-state index in [1.807, 2.05) is 0 Å². The summed E-state index contributed by atoms with van der Waals surface area (Å²) < 4.78 is 137. The largest absolute Gasteiger partial charge is 0.332 e. The summed E-state index contributed by atoms with van der Waals surface area (Å²) in [7, 11) is 13.5. The number of aryl methyl sites for hydroxylation is 12. The van der Waals surface area contributed by atoms with E-state index in [4.69, 9.17) is 21.9 Å². The zero-order valence-electron chi connectivity index (χ0n) is 67.2. The summed E-state index contributed by atoms with van der Waals surface area (Å²) in [5.41, 5.74) is -7.14. The molecule has 0 atom stereocenters. The van der Waals surface area contributed by atoms with Crippen LogP contribution in [0.2, 0.25) is 0 Å². The van der Waals surface area contributed by atoms with Gasteiger partial charge in [-0.2, -0.15) is 0 Å². The highest BCUT2D eigenvalue weighted by Gasteiger charge is 2.19. The molecule has 0 aliphatic rings. The SMILES string of the molecule is [2H]C([2H])(C)n1c(=O)c2c(ncn2C)n(C)c1=O.[2H]C([2H])([2H])n1c(=O)n(CC)c(=O)c2c1ncn2C.[2H]C([2H])([2H])n1cnc2c1c(=O)n(CC)c(=O)n2C.[2H]c1nc2c(c(=O)n(C([2H])([2H])C)c(=O)n2C)n1C.[2H]c1nc2c(c(=O)n(CC)c(=O)n2C([2H])([2H])[2H])n1C.[2H]c1nc2c(c(=O)n(CC)c(=O)n2C)n1C. The fourth-order valence-electron chi connectivity index (χ4n) is 9.19. The molecule has 12 heterocycles. The molecule has 0 aliphatic carbocycles. The predicted octanol–water partition coefficient (Wildman–Crippen LogP) is -3.28. The van der Waals surface area contributed by atoms with Gasteiger partial charge in [0.05, 0.1) is 37.9 Å². The second kappa shape index (κ2) is 26.1. The second-order valence-corrected chi connectivity index (χ2v) is 19.2. The Hall–Kier alpha value is -11.1. The third kappa shape index (κ3) is 11.2. The van der Waals surface area contributed by atoms with Crippen molar-refractivity contribution in [3.63, 3.8) is 0 Å². The van der Waals surface area contributed by atoms with Crippen molar-refractivity contribution < 1.29 is 21.9 Å². The molecule has 0 unspecified atom stereocenters. The highest BCUT2D eigenvalue weighted by Crippen LogP contribution is 2.07.